The Bertz CT molecular complexity index is 456. The van der Waals surface area contributed by atoms with Crippen LogP contribution < -0.4 is 16.0 Å². The highest BCUT2D eigenvalue weighted by Crippen LogP contribution is 2.40. The fourth-order valence-electron chi connectivity index (χ4n) is 2.24. The summed E-state index contributed by atoms with van der Waals surface area (Å²) in [6, 6.07) is 0. The van der Waals surface area contributed by atoms with Gasteiger partial charge in [0.05, 0.1) is 18.8 Å². The van der Waals surface area contributed by atoms with Gasteiger partial charge in [-0.15, -0.1) is 0 Å². The zero-order chi connectivity index (χ0) is 13.2. The third-order valence-electron chi connectivity index (χ3n) is 3.64. The molecule has 3 rings (SSSR count). The summed E-state index contributed by atoms with van der Waals surface area (Å²) in [7, 11) is 0. The molecule has 1 saturated heterocycles. The molecule has 2 heterocycles. The van der Waals surface area contributed by atoms with E-state index in [0.29, 0.717) is 17.6 Å². The molecule has 3 N–H and O–H groups in total. The molecule has 1 saturated carbocycles. The predicted octanol–water partition coefficient (Wildman–Crippen LogP) is 1.51. The molecule has 6 heteroatoms. The van der Waals surface area contributed by atoms with Gasteiger partial charge in [-0.1, -0.05) is 0 Å². The molecule has 6 nitrogen and oxygen atoms in total. The third kappa shape index (κ3) is 2.79. The fraction of sp³-hybridized carbons (Fsp3) is 0.692. The summed E-state index contributed by atoms with van der Waals surface area (Å²) >= 11 is 0. The Kier molecular flexibility index (Phi) is 3.52. The molecule has 1 aliphatic carbocycles. The average Bonchev–Trinajstić information content (AvgIpc) is 3.27. The summed E-state index contributed by atoms with van der Waals surface area (Å²) in [6.45, 7) is 3.44. The SMILES string of the molecule is Cc1c(NN)nc(C2CC2)nc1OC1CCOCC1. The van der Waals surface area contributed by atoms with Crippen LogP contribution in [0.5, 0.6) is 5.88 Å². The summed E-state index contributed by atoms with van der Waals surface area (Å²) < 4.78 is 11.4. The zero-order valence-electron chi connectivity index (χ0n) is 11.2. The first-order valence-electron chi connectivity index (χ1n) is 6.87. The summed E-state index contributed by atoms with van der Waals surface area (Å²) in [5.74, 6) is 8.18. The van der Waals surface area contributed by atoms with E-state index in [4.69, 9.17) is 15.3 Å². The van der Waals surface area contributed by atoms with Crippen molar-refractivity contribution in [3.8, 4) is 5.88 Å². The molecule has 0 amide bonds. The van der Waals surface area contributed by atoms with Crippen LogP contribution in [0.1, 0.15) is 43.0 Å². The van der Waals surface area contributed by atoms with Crippen LogP contribution >= 0.6 is 0 Å². The van der Waals surface area contributed by atoms with Gasteiger partial charge in [-0.3, -0.25) is 0 Å². The Balaban J connectivity index is 1.83. The normalized spacial score (nSPS) is 20.3. The van der Waals surface area contributed by atoms with Crippen molar-refractivity contribution in [1.29, 1.82) is 0 Å². The molecule has 0 bridgehead atoms. The minimum Gasteiger partial charge on any atom is -0.474 e. The van der Waals surface area contributed by atoms with E-state index in [0.717, 1.165) is 50.3 Å². The highest BCUT2D eigenvalue weighted by Gasteiger charge is 2.29. The quantitative estimate of drug-likeness (QED) is 0.633. The van der Waals surface area contributed by atoms with E-state index in [1.165, 1.54) is 0 Å². The highest BCUT2D eigenvalue weighted by molar-refractivity contribution is 5.48. The van der Waals surface area contributed by atoms with Gasteiger partial charge in [0.15, 0.2) is 0 Å². The maximum atomic E-state index is 6.02. The number of hydrazine groups is 1. The van der Waals surface area contributed by atoms with E-state index in [1.807, 2.05) is 6.92 Å². The molecule has 0 unspecified atom stereocenters. The maximum absolute atomic E-state index is 6.02. The van der Waals surface area contributed by atoms with Crippen molar-refractivity contribution in [1.82, 2.24) is 9.97 Å². The van der Waals surface area contributed by atoms with Gasteiger partial charge in [-0.2, -0.15) is 4.98 Å². The van der Waals surface area contributed by atoms with Crippen LogP contribution in [-0.2, 0) is 4.74 Å². The van der Waals surface area contributed by atoms with Crippen molar-refractivity contribution in [2.45, 2.75) is 44.6 Å². The Morgan fingerprint density at radius 3 is 2.58 bits per heavy atom. The first-order chi connectivity index (χ1) is 9.28. The minimum atomic E-state index is 0.181. The lowest BCUT2D eigenvalue weighted by Crippen LogP contribution is -2.27. The van der Waals surface area contributed by atoms with Crippen molar-refractivity contribution in [3.63, 3.8) is 0 Å². The lowest BCUT2D eigenvalue weighted by Gasteiger charge is -2.24. The molecule has 1 aromatic rings. The Hall–Kier alpha value is -1.40. The Labute approximate surface area is 112 Å². The first-order valence-corrected chi connectivity index (χ1v) is 6.87. The van der Waals surface area contributed by atoms with Gasteiger partial charge in [0.25, 0.3) is 0 Å². The van der Waals surface area contributed by atoms with E-state index in [1.54, 1.807) is 0 Å². The number of hydrogen-bond acceptors (Lipinski definition) is 6. The number of rotatable bonds is 4. The number of nitrogens with zero attached hydrogens (tertiary/aromatic N) is 2. The molecular formula is C13H20N4O2. The van der Waals surface area contributed by atoms with Crippen molar-refractivity contribution >= 4 is 5.82 Å². The van der Waals surface area contributed by atoms with Crippen LogP contribution in [0.25, 0.3) is 0 Å². The van der Waals surface area contributed by atoms with Gasteiger partial charge < -0.3 is 14.9 Å². The second kappa shape index (κ2) is 5.30. The van der Waals surface area contributed by atoms with Gasteiger partial charge >= 0.3 is 0 Å². The molecule has 0 spiro atoms. The van der Waals surface area contributed by atoms with Crippen LogP contribution in [0.4, 0.5) is 5.82 Å². The van der Waals surface area contributed by atoms with E-state index in [-0.39, 0.29) is 6.10 Å². The van der Waals surface area contributed by atoms with Crippen LogP contribution in [0.15, 0.2) is 0 Å². The topological polar surface area (TPSA) is 82.3 Å². The van der Waals surface area contributed by atoms with E-state index in [9.17, 15) is 0 Å². The van der Waals surface area contributed by atoms with Crippen LogP contribution in [0.3, 0.4) is 0 Å². The second-order valence-electron chi connectivity index (χ2n) is 5.21. The number of nitrogens with one attached hydrogen (secondary N) is 1. The number of nitrogens with two attached hydrogens (primary N) is 1. The number of nitrogen functional groups attached to an aromatic ring is 1. The summed E-state index contributed by atoms with van der Waals surface area (Å²) in [4.78, 5) is 9.02. The summed E-state index contributed by atoms with van der Waals surface area (Å²) in [5, 5.41) is 0. The monoisotopic (exact) mass is 264 g/mol. The molecule has 0 aromatic carbocycles. The van der Waals surface area contributed by atoms with Crippen molar-refractivity contribution in [3.05, 3.63) is 11.4 Å². The standard InChI is InChI=1S/C13H20N4O2/c1-8-11(17-14)15-12(9-2-3-9)16-13(8)19-10-4-6-18-7-5-10/h9-10H,2-7,14H2,1H3,(H,15,16,17). The average molecular weight is 264 g/mol. The van der Waals surface area contributed by atoms with Crippen molar-refractivity contribution < 1.29 is 9.47 Å². The fourth-order valence-corrected chi connectivity index (χ4v) is 2.24. The largest absolute Gasteiger partial charge is 0.474 e. The molecular weight excluding hydrogens is 244 g/mol. The third-order valence-corrected chi connectivity index (χ3v) is 3.64. The Morgan fingerprint density at radius 2 is 1.95 bits per heavy atom. The molecule has 1 aliphatic heterocycles. The molecule has 19 heavy (non-hydrogen) atoms. The first kappa shape index (κ1) is 12.6. The molecule has 104 valence electrons. The van der Waals surface area contributed by atoms with Gasteiger partial charge in [0.2, 0.25) is 5.88 Å². The van der Waals surface area contributed by atoms with Crippen LogP contribution in [0, 0.1) is 6.92 Å². The van der Waals surface area contributed by atoms with Gasteiger partial charge in [-0.05, 0) is 19.8 Å². The molecule has 1 aromatic heterocycles. The summed E-state index contributed by atoms with van der Waals surface area (Å²) in [6.07, 6.45) is 4.31. The van der Waals surface area contributed by atoms with E-state index in [2.05, 4.69) is 15.4 Å². The van der Waals surface area contributed by atoms with Crippen molar-refractivity contribution in [2.24, 2.45) is 5.84 Å². The lowest BCUT2D eigenvalue weighted by molar-refractivity contribution is 0.0233. The van der Waals surface area contributed by atoms with E-state index >= 15 is 0 Å². The van der Waals surface area contributed by atoms with E-state index < -0.39 is 0 Å². The van der Waals surface area contributed by atoms with Gasteiger partial charge in [-0.25, -0.2) is 10.8 Å². The van der Waals surface area contributed by atoms with Gasteiger partial charge in [0, 0.05) is 18.8 Å². The smallest absolute Gasteiger partial charge is 0.222 e. The molecule has 2 aliphatic rings. The summed E-state index contributed by atoms with van der Waals surface area (Å²) in [5.41, 5.74) is 3.51. The zero-order valence-corrected chi connectivity index (χ0v) is 11.2. The minimum absolute atomic E-state index is 0.181. The molecule has 0 atom stereocenters. The van der Waals surface area contributed by atoms with Crippen molar-refractivity contribution in [2.75, 3.05) is 18.6 Å². The number of hydrogen-bond donors (Lipinski definition) is 2. The number of anilines is 1. The second-order valence-corrected chi connectivity index (χ2v) is 5.21. The molecule has 0 radical (unpaired) electrons. The van der Waals surface area contributed by atoms with Crippen LogP contribution in [-0.4, -0.2) is 29.3 Å². The number of ether oxygens (including phenoxy) is 2. The highest BCUT2D eigenvalue weighted by atomic mass is 16.5. The number of aromatic nitrogens is 2. The molecule has 2 fully saturated rings. The Morgan fingerprint density at radius 1 is 1.21 bits per heavy atom. The lowest BCUT2D eigenvalue weighted by atomic mass is 10.1. The van der Waals surface area contributed by atoms with Crippen LogP contribution in [0.2, 0.25) is 0 Å². The van der Waals surface area contributed by atoms with Gasteiger partial charge in [0.1, 0.15) is 17.7 Å². The maximum Gasteiger partial charge on any atom is 0.222 e. The predicted molar refractivity (Wildman–Crippen MR) is 71.0 cm³/mol.